The Morgan fingerprint density at radius 2 is 1.93 bits per heavy atom. The van der Waals surface area contributed by atoms with Crippen LogP contribution in [0.2, 0.25) is 0 Å². The lowest BCUT2D eigenvalue weighted by molar-refractivity contribution is -0.122. The Balaban J connectivity index is 1.74. The van der Waals surface area contributed by atoms with Crippen molar-refractivity contribution < 1.29 is 9.90 Å². The Hall–Kier alpha value is -0.610. The van der Waals surface area contributed by atoms with Crippen molar-refractivity contribution >= 4 is 5.91 Å². The minimum absolute atomic E-state index is 0.220. The standard InChI is InChI=1S/C11H22N2O2/c14-9-3-1-2-6-12-7-8-13-11(15)10-4-5-10/h10,12,14H,1-9H2,(H,13,15). The molecule has 4 nitrogen and oxygen atoms in total. The van der Waals surface area contributed by atoms with Gasteiger partial charge in [0.25, 0.3) is 0 Å². The molecule has 1 fully saturated rings. The van der Waals surface area contributed by atoms with E-state index in [2.05, 4.69) is 10.6 Å². The van der Waals surface area contributed by atoms with Gasteiger partial charge < -0.3 is 15.7 Å². The fourth-order valence-electron chi connectivity index (χ4n) is 1.43. The van der Waals surface area contributed by atoms with Gasteiger partial charge in [0.05, 0.1) is 0 Å². The first-order chi connectivity index (χ1) is 7.34. The molecule has 0 radical (unpaired) electrons. The summed E-state index contributed by atoms with van der Waals surface area (Å²) in [5.41, 5.74) is 0. The fourth-order valence-corrected chi connectivity index (χ4v) is 1.43. The Bertz CT molecular complexity index is 181. The molecule has 0 aromatic carbocycles. The van der Waals surface area contributed by atoms with Crippen LogP contribution in [0.5, 0.6) is 0 Å². The average molecular weight is 214 g/mol. The van der Waals surface area contributed by atoms with Crippen molar-refractivity contribution in [1.29, 1.82) is 0 Å². The second-order valence-electron chi connectivity index (χ2n) is 4.10. The number of unbranched alkanes of at least 4 members (excludes halogenated alkanes) is 2. The molecule has 15 heavy (non-hydrogen) atoms. The molecule has 1 aliphatic carbocycles. The molecule has 0 atom stereocenters. The molecule has 1 amide bonds. The van der Waals surface area contributed by atoms with E-state index in [0.717, 1.165) is 51.7 Å². The SMILES string of the molecule is O=C(NCCNCCCCCO)C1CC1. The molecule has 3 N–H and O–H groups in total. The first-order valence-corrected chi connectivity index (χ1v) is 5.94. The minimum atomic E-state index is 0.220. The molecular weight excluding hydrogens is 192 g/mol. The number of aliphatic hydroxyl groups excluding tert-OH is 1. The highest BCUT2D eigenvalue weighted by Crippen LogP contribution is 2.28. The summed E-state index contributed by atoms with van der Waals surface area (Å²) in [5, 5.41) is 14.7. The molecule has 0 unspecified atom stereocenters. The van der Waals surface area contributed by atoms with E-state index in [-0.39, 0.29) is 12.5 Å². The zero-order chi connectivity index (χ0) is 10.9. The molecule has 1 rings (SSSR count). The topological polar surface area (TPSA) is 61.4 Å². The van der Waals surface area contributed by atoms with E-state index in [9.17, 15) is 4.79 Å². The molecule has 0 saturated heterocycles. The van der Waals surface area contributed by atoms with Gasteiger partial charge in [0.2, 0.25) is 5.91 Å². The molecule has 0 bridgehead atoms. The van der Waals surface area contributed by atoms with E-state index in [1.807, 2.05) is 0 Å². The summed E-state index contributed by atoms with van der Waals surface area (Å²) in [7, 11) is 0. The van der Waals surface area contributed by atoms with E-state index in [1.165, 1.54) is 0 Å². The van der Waals surface area contributed by atoms with Crippen LogP contribution in [-0.2, 0) is 4.79 Å². The van der Waals surface area contributed by atoms with E-state index < -0.39 is 0 Å². The minimum Gasteiger partial charge on any atom is -0.396 e. The number of aliphatic hydroxyl groups is 1. The number of carbonyl (C=O) groups excluding carboxylic acids is 1. The van der Waals surface area contributed by atoms with Crippen LogP contribution in [0.1, 0.15) is 32.1 Å². The maximum absolute atomic E-state index is 11.2. The van der Waals surface area contributed by atoms with Crippen molar-refractivity contribution in [3.63, 3.8) is 0 Å². The second kappa shape index (κ2) is 7.65. The van der Waals surface area contributed by atoms with Crippen molar-refractivity contribution in [1.82, 2.24) is 10.6 Å². The highest BCUT2D eigenvalue weighted by atomic mass is 16.2. The highest BCUT2D eigenvalue weighted by molar-refractivity contribution is 5.80. The van der Waals surface area contributed by atoms with Crippen molar-refractivity contribution in [2.45, 2.75) is 32.1 Å². The van der Waals surface area contributed by atoms with Crippen LogP contribution in [0.4, 0.5) is 0 Å². The Morgan fingerprint density at radius 1 is 1.13 bits per heavy atom. The number of nitrogens with one attached hydrogen (secondary N) is 2. The quantitative estimate of drug-likeness (QED) is 0.483. The first-order valence-electron chi connectivity index (χ1n) is 5.94. The molecule has 1 saturated carbocycles. The molecule has 0 aliphatic heterocycles. The maximum Gasteiger partial charge on any atom is 0.223 e. The van der Waals surface area contributed by atoms with Gasteiger partial charge in [0.1, 0.15) is 0 Å². The van der Waals surface area contributed by atoms with Gasteiger partial charge in [-0.15, -0.1) is 0 Å². The summed E-state index contributed by atoms with van der Waals surface area (Å²) >= 11 is 0. The number of carbonyl (C=O) groups is 1. The smallest absolute Gasteiger partial charge is 0.223 e. The molecule has 0 aromatic heterocycles. The molecule has 88 valence electrons. The number of hydrogen-bond donors (Lipinski definition) is 3. The van der Waals surface area contributed by atoms with Crippen molar-refractivity contribution in [3.05, 3.63) is 0 Å². The van der Waals surface area contributed by atoms with E-state index >= 15 is 0 Å². The fraction of sp³-hybridized carbons (Fsp3) is 0.909. The summed E-state index contributed by atoms with van der Waals surface area (Å²) in [6.07, 6.45) is 5.19. The van der Waals surface area contributed by atoms with Gasteiger partial charge in [0.15, 0.2) is 0 Å². The van der Waals surface area contributed by atoms with Crippen molar-refractivity contribution in [2.24, 2.45) is 5.92 Å². The van der Waals surface area contributed by atoms with Crippen molar-refractivity contribution in [2.75, 3.05) is 26.2 Å². The predicted molar refractivity (Wildman–Crippen MR) is 59.5 cm³/mol. The molecule has 4 heteroatoms. The van der Waals surface area contributed by atoms with Crippen LogP contribution < -0.4 is 10.6 Å². The van der Waals surface area contributed by atoms with Crippen LogP contribution in [0.3, 0.4) is 0 Å². The van der Waals surface area contributed by atoms with Gasteiger partial charge in [-0.3, -0.25) is 4.79 Å². The van der Waals surface area contributed by atoms with Crippen LogP contribution in [-0.4, -0.2) is 37.3 Å². The van der Waals surface area contributed by atoms with Crippen LogP contribution in [0, 0.1) is 5.92 Å². The van der Waals surface area contributed by atoms with Gasteiger partial charge in [-0.1, -0.05) is 0 Å². The van der Waals surface area contributed by atoms with Gasteiger partial charge in [-0.2, -0.15) is 0 Å². The molecular formula is C11H22N2O2. The van der Waals surface area contributed by atoms with Crippen molar-refractivity contribution in [3.8, 4) is 0 Å². The third-order valence-corrected chi connectivity index (χ3v) is 2.56. The third-order valence-electron chi connectivity index (χ3n) is 2.56. The second-order valence-corrected chi connectivity index (χ2v) is 4.10. The largest absolute Gasteiger partial charge is 0.396 e. The highest BCUT2D eigenvalue weighted by Gasteiger charge is 2.28. The van der Waals surface area contributed by atoms with Crippen LogP contribution >= 0.6 is 0 Å². The van der Waals surface area contributed by atoms with Gasteiger partial charge in [0, 0.05) is 25.6 Å². The first kappa shape index (κ1) is 12.5. The number of rotatable bonds is 9. The Labute approximate surface area is 91.4 Å². The lowest BCUT2D eigenvalue weighted by Gasteiger charge is -2.05. The molecule has 1 aliphatic rings. The molecule has 0 heterocycles. The van der Waals surface area contributed by atoms with Gasteiger partial charge in [-0.25, -0.2) is 0 Å². The molecule has 0 spiro atoms. The lowest BCUT2D eigenvalue weighted by atomic mass is 10.2. The number of amides is 1. The summed E-state index contributed by atoms with van der Waals surface area (Å²) in [5.74, 6) is 0.534. The monoisotopic (exact) mass is 214 g/mol. The zero-order valence-corrected chi connectivity index (χ0v) is 9.30. The van der Waals surface area contributed by atoms with Crippen LogP contribution in [0.15, 0.2) is 0 Å². The van der Waals surface area contributed by atoms with Gasteiger partial charge in [-0.05, 0) is 38.6 Å². The molecule has 0 aromatic rings. The predicted octanol–water partition coefficient (Wildman–Crippen LogP) is 0.265. The van der Waals surface area contributed by atoms with Gasteiger partial charge >= 0.3 is 0 Å². The third kappa shape index (κ3) is 6.47. The van der Waals surface area contributed by atoms with E-state index in [1.54, 1.807) is 0 Å². The summed E-state index contributed by atoms with van der Waals surface area (Å²) < 4.78 is 0. The lowest BCUT2D eigenvalue weighted by Crippen LogP contribution is -2.33. The summed E-state index contributed by atoms with van der Waals surface area (Å²) in [6.45, 7) is 2.84. The number of hydrogen-bond acceptors (Lipinski definition) is 3. The maximum atomic E-state index is 11.2. The van der Waals surface area contributed by atoms with E-state index in [0.29, 0.717) is 5.92 Å². The normalized spacial score (nSPS) is 15.3. The van der Waals surface area contributed by atoms with Crippen LogP contribution in [0.25, 0.3) is 0 Å². The zero-order valence-electron chi connectivity index (χ0n) is 9.30. The summed E-state index contributed by atoms with van der Waals surface area (Å²) in [4.78, 5) is 11.2. The Kier molecular flexibility index (Phi) is 6.36. The van der Waals surface area contributed by atoms with E-state index in [4.69, 9.17) is 5.11 Å². The summed E-state index contributed by atoms with van der Waals surface area (Å²) in [6, 6.07) is 0. The average Bonchev–Trinajstić information content (AvgIpc) is 3.05. The Morgan fingerprint density at radius 3 is 2.60 bits per heavy atom.